The summed E-state index contributed by atoms with van der Waals surface area (Å²) in [6.07, 6.45) is 1.78. The molecule has 0 spiro atoms. The molecule has 0 radical (unpaired) electrons. The van der Waals surface area contributed by atoms with E-state index in [1.54, 1.807) is 35.6 Å². The van der Waals surface area contributed by atoms with Gasteiger partial charge >= 0.3 is 5.97 Å². The second kappa shape index (κ2) is 7.22. The van der Waals surface area contributed by atoms with Crippen LogP contribution in [0.2, 0.25) is 0 Å². The van der Waals surface area contributed by atoms with E-state index in [4.69, 9.17) is 9.84 Å². The largest absolute Gasteiger partial charge is 0.493 e. The molecule has 0 fully saturated rings. The molecule has 2 rings (SSSR count). The molecule has 0 amide bonds. The van der Waals surface area contributed by atoms with Gasteiger partial charge in [-0.3, -0.25) is 0 Å². The number of benzene rings is 1. The summed E-state index contributed by atoms with van der Waals surface area (Å²) in [7, 11) is 0. The van der Waals surface area contributed by atoms with Crippen LogP contribution < -0.4 is 4.74 Å². The Labute approximate surface area is 128 Å². The maximum absolute atomic E-state index is 10.7. The Morgan fingerprint density at radius 2 is 2.05 bits per heavy atom. The van der Waals surface area contributed by atoms with E-state index in [2.05, 4.69) is 24.2 Å². The zero-order chi connectivity index (χ0) is 15.2. The maximum Gasteiger partial charge on any atom is 0.335 e. The van der Waals surface area contributed by atoms with Crippen molar-refractivity contribution in [2.75, 3.05) is 6.61 Å². The van der Waals surface area contributed by atoms with Crippen molar-refractivity contribution in [3.8, 4) is 5.75 Å². The summed E-state index contributed by atoms with van der Waals surface area (Å²) >= 11 is 1.70. The van der Waals surface area contributed by atoms with Crippen LogP contribution in [0, 0.1) is 5.92 Å². The van der Waals surface area contributed by atoms with Crippen LogP contribution in [0.3, 0.4) is 0 Å². The lowest BCUT2D eigenvalue weighted by molar-refractivity contribution is 0.0697. The number of thiazole rings is 1. The molecule has 1 aromatic heterocycles. The van der Waals surface area contributed by atoms with Gasteiger partial charge in [-0.05, 0) is 30.2 Å². The highest BCUT2D eigenvalue weighted by Crippen LogP contribution is 2.16. The molecule has 1 aromatic carbocycles. The Morgan fingerprint density at radius 3 is 2.67 bits per heavy atom. The van der Waals surface area contributed by atoms with E-state index in [9.17, 15) is 4.79 Å². The summed E-state index contributed by atoms with van der Waals surface area (Å²) in [6.45, 7) is 4.91. The van der Waals surface area contributed by atoms with Crippen LogP contribution in [-0.2, 0) is 12.8 Å². The number of ether oxygens (including phenoxy) is 1. The fourth-order valence-corrected chi connectivity index (χ4v) is 2.92. The normalized spacial score (nSPS) is 10.8. The summed E-state index contributed by atoms with van der Waals surface area (Å²) in [5, 5.41) is 12.1. The first-order valence-electron chi connectivity index (χ1n) is 6.94. The van der Waals surface area contributed by atoms with Gasteiger partial charge in [0.1, 0.15) is 5.75 Å². The van der Waals surface area contributed by atoms with E-state index in [1.165, 1.54) is 5.01 Å². The standard InChI is InChI=1S/C16H19NO3S/c1-11(2)9-15-17-13(10-21-15)7-8-20-14-5-3-12(4-6-14)16(18)19/h3-6,10-11H,7-9H2,1-2H3,(H,18,19). The van der Waals surface area contributed by atoms with Crippen LogP contribution >= 0.6 is 11.3 Å². The quantitative estimate of drug-likeness (QED) is 0.848. The molecule has 1 N–H and O–H groups in total. The molecule has 0 saturated carbocycles. The number of nitrogens with zero attached hydrogens (tertiary/aromatic N) is 1. The van der Waals surface area contributed by atoms with Crippen LogP contribution in [-0.4, -0.2) is 22.7 Å². The van der Waals surface area contributed by atoms with Crippen molar-refractivity contribution in [2.24, 2.45) is 5.92 Å². The zero-order valence-corrected chi connectivity index (χ0v) is 13.0. The number of carboxylic acids is 1. The minimum absolute atomic E-state index is 0.264. The van der Waals surface area contributed by atoms with Crippen molar-refractivity contribution >= 4 is 17.3 Å². The highest BCUT2D eigenvalue weighted by molar-refractivity contribution is 7.09. The molecule has 0 atom stereocenters. The number of aromatic nitrogens is 1. The van der Waals surface area contributed by atoms with Crippen LogP contribution in [0.25, 0.3) is 0 Å². The Hall–Kier alpha value is -1.88. The number of hydrogen-bond donors (Lipinski definition) is 1. The third-order valence-electron chi connectivity index (χ3n) is 2.91. The molecule has 4 nitrogen and oxygen atoms in total. The first-order valence-corrected chi connectivity index (χ1v) is 7.82. The maximum atomic E-state index is 10.7. The SMILES string of the molecule is CC(C)Cc1nc(CCOc2ccc(C(=O)O)cc2)cs1. The van der Waals surface area contributed by atoms with Gasteiger partial charge < -0.3 is 9.84 Å². The van der Waals surface area contributed by atoms with Gasteiger partial charge in [-0.2, -0.15) is 0 Å². The van der Waals surface area contributed by atoms with E-state index in [1.807, 2.05) is 0 Å². The molecule has 0 aliphatic rings. The molecule has 21 heavy (non-hydrogen) atoms. The number of aromatic carboxylic acids is 1. The van der Waals surface area contributed by atoms with Crippen molar-refractivity contribution in [1.82, 2.24) is 4.98 Å². The molecular formula is C16H19NO3S. The summed E-state index contributed by atoms with van der Waals surface area (Å²) in [6, 6.07) is 6.44. The topological polar surface area (TPSA) is 59.4 Å². The zero-order valence-electron chi connectivity index (χ0n) is 12.2. The Morgan fingerprint density at radius 1 is 1.33 bits per heavy atom. The summed E-state index contributed by atoms with van der Waals surface area (Å²) < 4.78 is 5.61. The van der Waals surface area contributed by atoms with Crippen LogP contribution in [0.5, 0.6) is 5.75 Å². The minimum Gasteiger partial charge on any atom is -0.493 e. The third-order valence-corrected chi connectivity index (χ3v) is 3.83. The number of hydrogen-bond acceptors (Lipinski definition) is 4. The van der Waals surface area contributed by atoms with Crippen LogP contribution in [0.4, 0.5) is 0 Å². The van der Waals surface area contributed by atoms with Crippen molar-refractivity contribution in [1.29, 1.82) is 0 Å². The molecule has 0 aliphatic carbocycles. The van der Waals surface area contributed by atoms with E-state index in [0.29, 0.717) is 18.3 Å². The first-order chi connectivity index (χ1) is 10.0. The highest BCUT2D eigenvalue weighted by Gasteiger charge is 2.05. The number of carbonyl (C=O) groups is 1. The predicted molar refractivity (Wildman–Crippen MR) is 83.3 cm³/mol. The van der Waals surface area contributed by atoms with Gasteiger partial charge in [0.05, 0.1) is 22.9 Å². The van der Waals surface area contributed by atoms with Crippen molar-refractivity contribution in [2.45, 2.75) is 26.7 Å². The minimum atomic E-state index is -0.929. The van der Waals surface area contributed by atoms with Gasteiger partial charge in [0.2, 0.25) is 0 Å². The molecule has 2 aromatic rings. The Balaban J connectivity index is 1.81. The summed E-state index contributed by atoms with van der Waals surface area (Å²) in [5.41, 5.74) is 1.32. The lowest BCUT2D eigenvalue weighted by Gasteiger charge is -2.05. The lowest BCUT2D eigenvalue weighted by atomic mass is 10.1. The fraction of sp³-hybridized carbons (Fsp3) is 0.375. The van der Waals surface area contributed by atoms with Gasteiger partial charge in [-0.1, -0.05) is 13.8 Å². The van der Waals surface area contributed by atoms with E-state index in [0.717, 1.165) is 18.5 Å². The summed E-state index contributed by atoms with van der Waals surface area (Å²) in [4.78, 5) is 15.3. The lowest BCUT2D eigenvalue weighted by Crippen LogP contribution is -2.03. The summed E-state index contributed by atoms with van der Waals surface area (Å²) in [5.74, 6) is 0.368. The second-order valence-corrected chi connectivity index (χ2v) is 6.20. The second-order valence-electron chi connectivity index (χ2n) is 5.26. The Kier molecular flexibility index (Phi) is 5.33. The molecule has 0 saturated heterocycles. The smallest absolute Gasteiger partial charge is 0.335 e. The molecule has 5 heteroatoms. The van der Waals surface area contributed by atoms with Crippen LogP contribution in [0.15, 0.2) is 29.6 Å². The fourth-order valence-electron chi connectivity index (χ4n) is 1.87. The molecule has 1 heterocycles. The molecule has 0 aliphatic heterocycles. The van der Waals surface area contributed by atoms with Gasteiger partial charge in [-0.25, -0.2) is 9.78 Å². The van der Waals surface area contributed by atoms with E-state index < -0.39 is 5.97 Å². The first kappa shape index (κ1) is 15.5. The van der Waals surface area contributed by atoms with Gasteiger partial charge in [0.25, 0.3) is 0 Å². The van der Waals surface area contributed by atoms with Gasteiger partial charge in [0, 0.05) is 18.2 Å². The van der Waals surface area contributed by atoms with Crippen LogP contribution in [0.1, 0.15) is 34.9 Å². The molecule has 112 valence electrons. The molecule has 0 unspecified atom stereocenters. The van der Waals surface area contributed by atoms with Gasteiger partial charge in [0.15, 0.2) is 0 Å². The van der Waals surface area contributed by atoms with Crippen molar-refractivity contribution < 1.29 is 14.6 Å². The Bertz CT molecular complexity index is 590. The number of carboxylic acid groups (broad SMARTS) is 1. The van der Waals surface area contributed by atoms with Crippen molar-refractivity contribution in [3.63, 3.8) is 0 Å². The average Bonchev–Trinajstić information content (AvgIpc) is 2.86. The van der Waals surface area contributed by atoms with Crippen molar-refractivity contribution in [3.05, 3.63) is 45.9 Å². The van der Waals surface area contributed by atoms with E-state index >= 15 is 0 Å². The average molecular weight is 305 g/mol. The van der Waals surface area contributed by atoms with E-state index in [-0.39, 0.29) is 5.56 Å². The highest BCUT2D eigenvalue weighted by atomic mass is 32.1. The number of rotatable bonds is 7. The molecule has 0 bridgehead atoms. The monoisotopic (exact) mass is 305 g/mol. The predicted octanol–water partition coefficient (Wildman–Crippen LogP) is 3.66. The van der Waals surface area contributed by atoms with Gasteiger partial charge in [-0.15, -0.1) is 11.3 Å². The third kappa shape index (κ3) is 4.86. The molecular weight excluding hydrogens is 286 g/mol.